The Balaban J connectivity index is 1.85. The Morgan fingerprint density at radius 3 is 3.00 bits per heavy atom. The number of nitrogens with one attached hydrogen (secondary N) is 1. The van der Waals surface area contributed by atoms with Crippen molar-refractivity contribution in [2.24, 2.45) is 12.1 Å². The summed E-state index contributed by atoms with van der Waals surface area (Å²) in [6, 6.07) is 5.47. The molecule has 0 spiro atoms. The molecule has 0 aliphatic heterocycles. The zero-order valence-electron chi connectivity index (χ0n) is 11.6. The molecule has 1 amide bonds. The number of hydrogen-bond donors (Lipinski definition) is 1. The van der Waals surface area contributed by atoms with E-state index in [1.807, 2.05) is 12.1 Å². The average Bonchev–Trinajstić information content (AvgIpc) is 2.72. The first-order chi connectivity index (χ1) is 10.1. The fourth-order valence-electron chi connectivity index (χ4n) is 1.57. The maximum atomic E-state index is 13.6. The molecular formula is C13H14FN5OS. The number of rotatable bonds is 5. The monoisotopic (exact) mass is 307 g/mol. The zero-order chi connectivity index (χ0) is 15.2. The predicted octanol–water partition coefficient (Wildman–Crippen LogP) is 1.51. The molecule has 2 rings (SSSR count). The van der Waals surface area contributed by atoms with E-state index in [0.29, 0.717) is 5.69 Å². The number of hydrogen-bond acceptors (Lipinski definition) is 5. The molecule has 0 saturated carbocycles. The Morgan fingerprint density at radius 2 is 2.38 bits per heavy atom. The number of hydrazone groups is 1. The van der Waals surface area contributed by atoms with Gasteiger partial charge in [0, 0.05) is 13.2 Å². The smallest absolute Gasteiger partial charge is 0.250 e. The summed E-state index contributed by atoms with van der Waals surface area (Å²) in [6.45, 7) is 1.67. The van der Waals surface area contributed by atoms with Gasteiger partial charge in [-0.3, -0.25) is 4.79 Å². The van der Waals surface area contributed by atoms with Gasteiger partial charge in [-0.1, -0.05) is 17.8 Å². The summed E-state index contributed by atoms with van der Waals surface area (Å²) in [6.07, 6.45) is 2.91. The molecule has 2 aromatic rings. The first kappa shape index (κ1) is 15.2. The third-order valence-electron chi connectivity index (χ3n) is 2.57. The fourth-order valence-corrected chi connectivity index (χ4v) is 2.22. The van der Waals surface area contributed by atoms with Crippen LogP contribution in [0.4, 0.5) is 4.39 Å². The van der Waals surface area contributed by atoms with Gasteiger partial charge >= 0.3 is 0 Å². The molecular weight excluding hydrogens is 293 g/mol. The summed E-state index contributed by atoms with van der Waals surface area (Å²) in [7, 11) is 1.50. The van der Waals surface area contributed by atoms with Crippen LogP contribution in [0.2, 0.25) is 0 Å². The van der Waals surface area contributed by atoms with Gasteiger partial charge < -0.3 is 0 Å². The number of nitrogens with zero attached hydrogens (tertiary/aromatic N) is 4. The maximum absolute atomic E-state index is 13.6. The van der Waals surface area contributed by atoms with Gasteiger partial charge in [0.15, 0.2) is 0 Å². The molecule has 1 N–H and O–H groups in total. The first-order valence-electron chi connectivity index (χ1n) is 6.12. The zero-order valence-corrected chi connectivity index (χ0v) is 12.4. The summed E-state index contributed by atoms with van der Waals surface area (Å²) < 4.78 is 14.7. The summed E-state index contributed by atoms with van der Waals surface area (Å²) >= 11 is 1.30. The van der Waals surface area contributed by atoms with Gasteiger partial charge in [0.05, 0.1) is 28.3 Å². The minimum absolute atomic E-state index is 0.183. The molecule has 0 atom stereocenters. The minimum atomic E-state index is -0.492. The molecule has 2 aromatic heterocycles. The second-order valence-electron chi connectivity index (χ2n) is 4.16. The fraction of sp³-hybridized carbons (Fsp3) is 0.231. The number of carbonyl (C=O) groups is 1. The van der Waals surface area contributed by atoms with E-state index < -0.39 is 5.95 Å². The molecule has 0 aliphatic carbocycles. The molecule has 0 unspecified atom stereocenters. The Labute approximate surface area is 125 Å². The van der Waals surface area contributed by atoms with E-state index >= 15 is 0 Å². The van der Waals surface area contributed by atoms with Crippen LogP contribution < -0.4 is 5.43 Å². The molecule has 0 fully saturated rings. The predicted molar refractivity (Wildman–Crippen MR) is 78.6 cm³/mol. The summed E-state index contributed by atoms with van der Waals surface area (Å²) in [5.74, 6) is -0.597. The van der Waals surface area contributed by atoms with Gasteiger partial charge in [-0.15, -0.1) is 0 Å². The molecule has 8 heteroatoms. The second kappa shape index (κ2) is 6.98. The molecule has 0 aromatic carbocycles. The topological polar surface area (TPSA) is 72.2 Å². The van der Waals surface area contributed by atoms with Gasteiger partial charge in [0.1, 0.15) is 0 Å². The van der Waals surface area contributed by atoms with Gasteiger partial charge in [0.25, 0.3) is 0 Å². The maximum Gasteiger partial charge on any atom is 0.250 e. The molecule has 0 radical (unpaired) electrons. The van der Waals surface area contributed by atoms with Crippen LogP contribution in [0.1, 0.15) is 11.3 Å². The molecule has 0 bridgehead atoms. The van der Waals surface area contributed by atoms with Crippen molar-refractivity contribution in [3.05, 3.63) is 41.6 Å². The van der Waals surface area contributed by atoms with E-state index in [9.17, 15) is 9.18 Å². The standard InChI is InChI=1S/C13H14FN5OS/c1-9-10(13(14)19(2)18-9)7-16-17-11(20)8-21-12-5-3-4-6-15-12/h3-7H,8H2,1-2H3,(H,17,20). The highest BCUT2D eigenvalue weighted by Crippen LogP contribution is 2.13. The quantitative estimate of drug-likeness (QED) is 0.516. The van der Waals surface area contributed by atoms with E-state index in [0.717, 1.165) is 9.71 Å². The second-order valence-corrected chi connectivity index (χ2v) is 5.16. The molecule has 110 valence electrons. The third kappa shape index (κ3) is 4.12. The highest BCUT2D eigenvalue weighted by Gasteiger charge is 2.10. The van der Waals surface area contributed by atoms with Crippen LogP contribution in [0.3, 0.4) is 0 Å². The van der Waals surface area contributed by atoms with Crippen molar-refractivity contribution in [1.82, 2.24) is 20.2 Å². The highest BCUT2D eigenvalue weighted by molar-refractivity contribution is 7.99. The number of pyridine rings is 1. The van der Waals surface area contributed by atoms with Crippen molar-refractivity contribution in [3.8, 4) is 0 Å². The molecule has 0 aliphatic rings. The number of amides is 1. The van der Waals surface area contributed by atoms with Crippen LogP contribution in [0.5, 0.6) is 0 Å². The van der Waals surface area contributed by atoms with Crippen molar-refractivity contribution in [1.29, 1.82) is 0 Å². The largest absolute Gasteiger partial charge is 0.272 e. The molecule has 6 nitrogen and oxygen atoms in total. The Bertz CT molecular complexity index is 656. The number of thioether (sulfide) groups is 1. The van der Waals surface area contributed by atoms with Crippen LogP contribution in [0, 0.1) is 12.9 Å². The molecule has 21 heavy (non-hydrogen) atoms. The highest BCUT2D eigenvalue weighted by atomic mass is 32.2. The number of aryl methyl sites for hydroxylation is 2. The first-order valence-corrected chi connectivity index (χ1v) is 7.11. The van der Waals surface area contributed by atoms with Crippen molar-refractivity contribution >= 4 is 23.9 Å². The van der Waals surface area contributed by atoms with Gasteiger partial charge in [-0.2, -0.15) is 14.6 Å². The lowest BCUT2D eigenvalue weighted by molar-refractivity contribution is -0.118. The average molecular weight is 307 g/mol. The van der Waals surface area contributed by atoms with Crippen molar-refractivity contribution in [2.75, 3.05) is 5.75 Å². The van der Waals surface area contributed by atoms with Gasteiger partial charge in [0.2, 0.25) is 11.9 Å². The Hall–Kier alpha value is -2.22. The number of aromatic nitrogens is 3. The SMILES string of the molecule is Cc1nn(C)c(F)c1C=NNC(=O)CSc1ccccn1. The summed E-state index contributed by atoms with van der Waals surface area (Å²) in [4.78, 5) is 15.7. The van der Waals surface area contributed by atoms with Crippen LogP contribution in [-0.2, 0) is 11.8 Å². The van der Waals surface area contributed by atoms with Crippen LogP contribution in [0.15, 0.2) is 34.5 Å². The summed E-state index contributed by atoms with van der Waals surface area (Å²) in [5.41, 5.74) is 3.11. The van der Waals surface area contributed by atoms with Crippen molar-refractivity contribution < 1.29 is 9.18 Å². The molecule has 0 saturated heterocycles. The van der Waals surface area contributed by atoms with E-state index in [1.165, 1.54) is 25.0 Å². The normalized spacial score (nSPS) is 11.0. The van der Waals surface area contributed by atoms with E-state index in [2.05, 4.69) is 20.6 Å². The third-order valence-corrected chi connectivity index (χ3v) is 3.51. The van der Waals surface area contributed by atoms with Crippen LogP contribution >= 0.6 is 11.8 Å². The Morgan fingerprint density at radius 1 is 1.57 bits per heavy atom. The van der Waals surface area contributed by atoms with Gasteiger partial charge in [-0.05, 0) is 19.1 Å². The van der Waals surface area contributed by atoms with E-state index in [-0.39, 0.29) is 17.2 Å². The van der Waals surface area contributed by atoms with E-state index in [1.54, 1.807) is 19.2 Å². The Kier molecular flexibility index (Phi) is 5.04. The van der Waals surface area contributed by atoms with Crippen LogP contribution in [-0.4, -0.2) is 32.6 Å². The van der Waals surface area contributed by atoms with Crippen molar-refractivity contribution in [2.45, 2.75) is 11.9 Å². The lowest BCUT2D eigenvalue weighted by Crippen LogP contribution is -2.19. The number of halogens is 1. The summed E-state index contributed by atoms with van der Waals surface area (Å²) in [5, 5.41) is 8.40. The minimum Gasteiger partial charge on any atom is -0.272 e. The number of carbonyl (C=O) groups excluding carboxylic acids is 1. The van der Waals surface area contributed by atoms with Crippen LogP contribution in [0.25, 0.3) is 0 Å². The lowest BCUT2D eigenvalue weighted by Gasteiger charge is -1.99. The van der Waals surface area contributed by atoms with E-state index in [4.69, 9.17) is 0 Å². The van der Waals surface area contributed by atoms with Crippen molar-refractivity contribution in [3.63, 3.8) is 0 Å². The van der Waals surface area contributed by atoms with Gasteiger partial charge in [-0.25, -0.2) is 15.1 Å². The molecule has 2 heterocycles. The lowest BCUT2D eigenvalue weighted by atomic mass is 10.3.